The van der Waals surface area contributed by atoms with E-state index in [-0.39, 0.29) is 24.4 Å². The van der Waals surface area contributed by atoms with Crippen LogP contribution in [0.1, 0.15) is 25.8 Å². The maximum atomic E-state index is 11.9. The van der Waals surface area contributed by atoms with Crippen molar-refractivity contribution < 1.29 is 4.79 Å². The van der Waals surface area contributed by atoms with Crippen LogP contribution in [-0.4, -0.2) is 43.0 Å². The molecule has 0 radical (unpaired) electrons. The van der Waals surface area contributed by atoms with E-state index in [1.807, 2.05) is 25.1 Å². The molecule has 0 aliphatic heterocycles. The van der Waals surface area contributed by atoms with Gasteiger partial charge < -0.3 is 11.1 Å². The smallest absolute Gasteiger partial charge is 0.234 e. The van der Waals surface area contributed by atoms with Gasteiger partial charge in [-0.3, -0.25) is 9.69 Å². The van der Waals surface area contributed by atoms with Crippen LogP contribution in [0.2, 0.25) is 0 Å². The van der Waals surface area contributed by atoms with Crippen LogP contribution in [0, 0.1) is 0 Å². The van der Waals surface area contributed by atoms with Crippen LogP contribution in [0.5, 0.6) is 0 Å². The zero-order valence-electron chi connectivity index (χ0n) is 13.0. The number of rotatable bonds is 9. The van der Waals surface area contributed by atoms with Gasteiger partial charge in [-0.25, -0.2) is 0 Å². The van der Waals surface area contributed by atoms with Crippen molar-refractivity contribution in [3.63, 3.8) is 0 Å². The molecule has 3 N–H and O–H groups in total. The minimum Gasteiger partial charge on any atom is -0.353 e. The Bertz CT molecular complexity index is 386. The van der Waals surface area contributed by atoms with Crippen molar-refractivity contribution in [2.45, 2.75) is 32.7 Å². The Morgan fingerprint density at radius 1 is 1.29 bits per heavy atom. The summed E-state index contributed by atoms with van der Waals surface area (Å²) in [5.41, 5.74) is 6.92. The first-order valence-corrected chi connectivity index (χ1v) is 7.41. The van der Waals surface area contributed by atoms with E-state index in [4.69, 9.17) is 5.73 Å². The van der Waals surface area contributed by atoms with E-state index in [2.05, 4.69) is 29.3 Å². The van der Waals surface area contributed by atoms with Gasteiger partial charge in [-0.2, -0.15) is 0 Å². The first-order valence-electron chi connectivity index (χ1n) is 7.41. The van der Waals surface area contributed by atoms with Crippen LogP contribution < -0.4 is 11.1 Å². The third kappa shape index (κ3) is 8.71. The number of hydrogen-bond acceptors (Lipinski definition) is 3. The fourth-order valence-electron chi connectivity index (χ4n) is 2.01. The zero-order chi connectivity index (χ0) is 14.8. The predicted octanol–water partition coefficient (Wildman–Crippen LogP) is 1.83. The highest BCUT2D eigenvalue weighted by atomic mass is 35.5. The topological polar surface area (TPSA) is 58.4 Å². The summed E-state index contributed by atoms with van der Waals surface area (Å²) >= 11 is 0. The van der Waals surface area contributed by atoms with Gasteiger partial charge in [0.1, 0.15) is 0 Å². The number of nitrogens with zero attached hydrogens (tertiary/aromatic N) is 1. The fraction of sp³-hybridized carbons (Fsp3) is 0.562. The number of nitrogens with two attached hydrogens (primary N) is 1. The lowest BCUT2D eigenvalue weighted by Crippen LogP contribution is -2.43. The third-order valence-electron chi connectivity index (χ3n) is 3.39. The molecule has 0 spiro atoms. The number of carbonyl (C=O) groups is 1. The van der Waals surface area contributed by atoms with Crippen molar-refractivity contribution in [3.05, 3.63) is 35.9 Å². The molecule has 0 saturated carbocycles. The van der Waals surface area contributed by atoms with E-state index in [1.54, 1.807) is 0 Å². The summed E-state index contributed by atoms with van der Waals surface area (Å²) in [5, 5.41) is 3.00. The lowest BCUT2D eigenvalue weighted by Gasteiger charge is -2.22. The molecule has 1 rings (SSSR count). The summed E-state index contributed by atoms with van der Waals surface area (Å²) < 4.78 is 0. The Hall–Kier alpha value is -1.10. The molecule has 1 atom stereocenters. The first kappa shape index (κ1) is 19.9. The second kappa shape index (κ2) is 11.5. The van der Waals surface area contributed by atoms with Gasteiger partial charge in [0, 0.05) is 25.7 Å². The SMILES string of the molecule is CCC(C)NC(=O)CN(CCN)CCc1ccccc1.Cl. The highest BCUT2D eigenvalue weighted by molar-refractivity contribution is 5.85. The summed E-state index contributed by atoms with van der Waals surface area (Å²) in [4.78, 5) is 14.0. The van der Waals surface area contributed by atoms with Gasteiger partial charge in [-0.15, -0.1) is 12.4 Å². The molecule has 0 saturated heterocycles. The number of nitrogens with one attached hydrogen (secondary N) is 1. The van der Waals surface area contributed by atoms with Crippen molar-refractivity contribution in [1.82, 2.24) is 10.2 Å². The Balaban J connectivity index is 0.00000400. The van der Waals surface area contributed by atoms with E-state index in [0.717, 1.165) is 25.9 Å². The standard InChI is InChI=1S/C16H27N3O.ClH/c1-3-14(2)18-16(20)13-19(12-10-17)11-9-15-7-5-4-6-8-15;/h4-8,14H,3,9-13,17H2,1-2H3,(H,18,20);1H. The molecule has 0 heterocycles. The lowest BCUT2D eigenvalue weighted by atomic mass is 10.1. The molecule has 120 valence electrons. The highest BCUT2D eigenvalue weighted by Crippen LogP contribution is 2.01. The van der Waals surface area contributed by atoms with E-state index < -0.39 is 0 Å². The first-order chi connectivity index (χ1) is 9.65. The van der Waals surface area contributed by atoms with Crippen molar-refractivity contribution in [1.29, 1.82) is 0 Å². The van der Waals surface area contributed by atoms with Gasteiger partial charge in [-0.05, 0) is 25.3 Å². The molecule has 1 unspecified atom stereocenters. The molecule has 0 aliphatic carbocycles. The maximum Gasteiger partial charge on any atom is 0.234 e. The number of benzene rings is 1. The molecule has 1 aromatic carbocycles. The van der Waals surface area contributed by atoms with Crippen molar-refractivity contribution in [3.8, 4) is 0 Å². The molecule has 21 heavy (non-hydrogen) atoms. The Kier molecular flexibility index (Phi) is 10.9. The summed E-state index contributed by atoms with van der Waals surface area (Å²) in [5.74, 6) is 0.0841. The van der Waals surface area contributed by atoms with Crippen LogP contribution in [-0.2, 0) is 11.2 Å². The molecular weight excluding hydrogens is 286 g/mol. The monoisotopic (exact) mass is 313 g/mol. The second-order valence-electron chi connectivity index (χ2n) is 5.18. The van der Waals surface area contributed by atoms with Crippen LogP contribution in [0.15, 0.2) is 30.3 Å². The van der Waals surface area contributed by atoms with Gasteiger partial charge in [-0.1, -0.05) is 37.3 Å². The minimum atomic E-state index is 0. The van der Waals surface area contributed by atoms with Gasteiger partial charge in [0.15, 0.2) is 0 Å². The van der Waals surface area contributed by atoms with Crippen LogP contribution >= 0.6 is 12.4 Å². The molecule has 5 heteroatoms. The van der Waals surface area contributed by atoms with Crippen molar-refractivity contribution in [2.24, 2.45) is 5.73 Å². The Morgan fingerprint density at radius 3 is 2.52 bits per heavy atom. The number of halogens is 1. The van der Waals surface area contributed by atoms with Crippen LogP contribution in [0.25, 0.3) is 0 Å². The Morgan fingerprint density at radius 2 is 1.95 bits per heavy atom. The zero-order valence-corrected chi connectivity index (χ0v) is 13.9. The molecule has 0 bridgehead atoms. The third-order valence-corrected chi connectivity index (χ3v) is 3.39. The van der Waals surface area contributed by atoms with E-state index in [9.17, 15) is 4.79 Å². The van der Waals surface area contributed by atoms with Gasteiger partial charge in [0.25, 0.3) is 0 Å². The average Bonchev–Trinajstić information content (AvgIpc) is 2.46. The summed E-state index contributed by atoms with van der Waals surface area (Å²) in [7, 11) is 0. The van der Waals surface area contributed by atoms with Gasteiger partial charge in [0.2, 0.25) is 5.91 Å². The second-order valence-corrected chi connectivity index (χ2v) is 5.18. The van der Waals surface area contributed by atoms with Gasteiger partial charge in [0.05, 0.1) is 6.54 Å². The molecule has 1 aromatic rings. The highest BCUT2D eigenvalue weighted by Gasteiger charge is 2.11. The van der Waals surface area contributed by atoms with E-state index in [0.29, 0.717) is 13.1 Å². The summed E-state index contributed by atoms with van der Waals surface area (Å²) in [6.45, 7) is 6.70. The number of amides is 1. The lowest BCUT2D eigenvalue weighted by molar-refractivity contribution is -0.122. The largest absolute Gasteiger partial charge is 0.353 e. The average molecular weight is 314 g/mol. The molecule has 0 aliphatic rings. The van der Waals surface area contributed by atoms with Crippen molar-refractivity contribution in [2.75, 3.05) is 26.2 Å². The minimum absolute atomic E-state index is 0. The maximum absolute atomic E-state index is 11.9. The Labute approximate surface area is 134 Å². The molecule has 0 fully saturated rings. The number of hydrogen-bond donors (Lipinski definition) is 2. The fourth-order valence-corrected chi connectivity index (χ4v) is 2.01. The normalized spacial score (nSPS) is 11.8. The van der Waals surface area contributed by atoms with Crippen LogP contribution in [0.4, 0.5) is 0 Å². The summed E-state index contributed by atoms with van der Waals surface area (Å²) in [6, 6.07) is 10.5. The quantitative estimate of drug-likeness (QED) is 0.731. The molecule has 0 aromatic heterocycles. The van der Waals surface area contributed by atoms with E-state index >= 15 is 0 Å². The molecule has 1 amide bonds. The molecule has 4 nitrogen and oxygen atoms in total. The number of carbonyl (C=O) groups excluding carboxylic acids is 1. The van der Waals surface area contributed by atoms with Gasteiger partial charge >= 0.3 is 0 Å². The predicted molar refractivity (Wildman–Crippen MR) is 90.8 cm³/mol. The van der Waals surface area contributed by atoms with Crippen LogP contribution in [0.3, 0.4) is 0 Å². The molecular formula is C16H28ClN3O. The summed E-state index contributed by atoms with van der Waals surface area (Å²) in [6.07, 6.45) is 1.89. The van der Waals surface area contributed by atoms with Crippen molar-refractivity contribution >= 4 is 18.3 Å². The van der Waals surface area contributed by atoms with E-state index in [1.165, 1.54) is 5.56 Å².